The maximum atomic E-state index is 12.4. The lowest BCUT2D eigenvalue weighted by atomic mass is 10.1. The van der Waals surface area contributed by atoms with Crippen LogP contribution in [0.3, 0.4) is 0 Å². The van der Waals surface area contributed by atoms with Crippen LogP contribution in [0.1, 0.15) is 35.1 Å². The van der Waals surface area contributed by atoms with Gasteiger partial charge in [0, 0.05) is 25.0 Å². The highest BCUT2D eigenvalue weighted by Gasteiger charge is 2.32. The molecule has 1 aliphatic rings. The van der Waals surface area contributed by atoms with Crippen LogP contribution in [0, 0.1) is 12.8 Å². The Morgan fingerprint density at radius 2 is 2.17 bits per heavy atom. The molecular formula is C16H23N5O2S. The number of hydrogen-bond acceptors (Lipinski definition) is 5. The third-order valence-corrected chi connectivity index (χ3v) is 5.63. The van der Waals surface area contributed by atoms with E-state index >= 15 is 0 Å². The van der Waals surface area contributed by atoms with Crippen molar-refractivity contribution in [2.24, 2.45) is 18.7 Å². The standard InChI is InChI=1S/C16H23N5O2S/c1-8-11-6-13(24-16(11)21(3)20-8)15(23)18-9(2)14(22)19-12(7-17)10-4-5-10/h6,9-10,12H,4-5,7,17H2,1-3H3,(H,18,23)(H,19,22). The number of amides is 2. The fraction of sp³-hybridized carbons (Fsp3) is 0.562. The molecule has 2 atom stereocenters. The Balaban J connectivity index is 1.64. The van der Waals surface area contributed by atoms with Crippen LogP contribution in [0.15, 0.2) is 6.07 Å². The summed E-state index contributed by atoms with van der Waals surface area (Å²) < 4.78 is 1.77. The maximum absolute atomic E-state index is 12.4. The minimum Gasteiger partial charge on any atom is -0.350 e. The average Bonchev–Trinajstić information content (AvgIpc) is 3.21. The van der Waals surface area contributed by atoms with Gasteiger partial charge in [-0.05, 0) is 38.7 Å². The number of hydrogen-bond donors (Lipinski definition) is 3. The lowest BCUT2D eigenvalue weighted by Crippen LogP contribution is -2.50. The van der Waals surface area contributed by atoms with Crippen molar-refractivity contribution in [3.05, 3.63) is 16.6 Å². The summed E-state index contributed by atoms with van der Waals surface area (Å²) in [4.78, 5) is 26.2. The topological polar surface area (TPSA) is 102 Å². The van der Waals surface area contributed by atoms with Gasteiger partial charge in [-0.2, -0.15) is 5.10 Å². The predicted octanol–water partition coefficient (Wildman–Crippen LogP) is 0.915. The van der Waals surface area contributed by atoms with Gasteiger partial charge in [-0.1, -0.05) is 0 Å². The molecule has 24 heavy (non-hydrogen) atoms. The molecule has 7 nitrogen and oxygen atoms in total. The lowest BCUT2D eigenvalue weighted by molar-refractivity contribution is -0.123. The molecule has 8 heteroatoms. The molecule has 1 aliphatic carbocycles. The fourth-order valence-electron chi connectivity index (χ4n) is 2.83. The summed E-state index contributed by atoms with van der Waals surface area (Å²) in [6.45, 7) is 4.03. The van der Waals surface area contributed by atoms with Gasteiger partial charge in [0.15, 0.2) is 0 Å². The van der Waals surface area contributed by atoms with E-state index in [0.29, 0.717) is 17.3 Å². The first-order valence-electron chi connectivity index (χ1n) is 8.15. The second kappa shape index (κ2) is 6.52. The van der Waals surface area contributed by atoms with E-state index in [0.717, 1.165) is 28.8 Å². The van der Waals surface area contributed by atoms with Crippen LogP contribution in [0.25, 0.3) is 10.2 Å². The third kappa shape index (κ3) is 3.29. The Labute approximate surface area is 144 Å². The molecule has 1 fully saturated rings. The van der Waals surface area contributed by atoms with Crippen molar-refractivity contribution in [2.75, 3.05) is 6.54 Å². The van der Waals surface area contributed by atoms with E-state index in [1.807, 2.05) is 20.0 Å². The first-order valence-corrected chi connectivity index (χ1v) is 8.96. The number of fused-ring (bicyclic) bond motifs is 1. The summed E-state index contributed by atoms with van der Waals surface area (Å²) in [7, 11) is 1.86. The number of carbonyl (C=O) groups excluding carboxylic acids is 2. The SMILES string of the molecule is Cc1nn(C)c2sc(C(=O)NC(C)C(=O)NC(CN)C3CC3)cc12. The zero-order valence-electron chi connectivity index (χ0n) is 14.1. The van der Waals surface area contributed by atoms with Gasteiger partial charge in [0.2, 0.25) is 5.91 Å². The van der Waals surface area contributed by atoms with E-state index in [1.165, 1.54) is 11.3 Å². The molecule has 0 aromatic carbocycles. The first kappa shape index (κ1) is 16.9. The monoisotopic (exact) mass is 349 g/mol. The van der Waals surface area contributed by atoms with Crippen molar-refractivity contribution in [1.82, 2.24) is 20.4 Å². The number of carbonyl (C=O) groups is 2. The molecule has 0 aliphatic heterocycles. The van der Waals surface area contributed by atoms with E-state index in [2.05, 4.69) is 15.7 Å². The molecule has 130 valence electrons. The largest absolute Gasteiger partial charge is 0.350 e. The minimum absolute atomic E-state index is 0.00917. The number of thiophene rings is 1. The highest BCUT2D eigenvalue weighted by atomic mass is 32.1. The molecule has 2 unspecified atom stereocenters. The summed E-state index contributed by atoms with van der Waals surface area (Å²) >= 11 is 1.38. The van der Waals surface area contributed by atoms with Crippen molar-refractivity contribution >= 4 is 33.4 Å². The van der Waals surface area contributed by atoms with Crippen LogP contribution in [-0.4, -0.2) is 40.2 Å². The van der Waals surface area contributed by atoms with Gasteiger partial charge >= 0.3 is 0 Å². The molecule has 2 aromatic rings. The number of nitrogens with zero attached hydrogens (tertiary/aromatic N) is 2. The normalized spacial score (nSPS) is 16.8. The second-order valence-corrected chi connectivity index (χ2v) is 7.45. The van der Waals surface area contributed by atoms with Crippen molar-refractivity contribution < 1.29 is 9.59 Å². The van der Waals surface area contributed by atoms with Crippen LogP contribution < -0.4 is 16.4 Å². The van der Waals surface area contributed by atoms with Gasteiger partial charge < -0.3 is 16.4 Å². The Hall–Kier alpha value is -1.93. The number of rotatable bonds is 6. The summed E-state index contributed by atoms with van der Waals surface area (Å²) in [6.07, 6.45) is 2.22. The average molecular weight is 349 g/mol. The molecule has 1 saturated carbocycles. The number of nitrogens with one attached hydrogen (secondary N) is 2. The van der Waals surface area contributed by atoms with Crippen LogP contribution in [0.4, 0.5) is 0 Å². The Kier molecular flexibility index (Phi) is 4.60. The molecule has 2 amide bonds. The second-order valence-electron chi connectivity index (χ2n) is 6.42. The molecular weight excluding hydrogens is 326 g/mol. The van der Waals surface area contributed by atoms with Gasteiger partial charge in [-0.3, -0.25) is 14.3 Å². The smallest absolute Gasteiger partial charge is 0.262 e. The van der Waals surface area contributed by atoms with Crippen LogP contribution in [0.5, 0.6) is 0 Å². The Bertz CT molecular complexity index is 742. The number of nitrogens with two attached hydrogens (primary N) is 1. The third-order valence-electron chi connectivity index (χ3n) is 4.43. The molecule has 0 radical (unpaired) electrons. The molecule has 0 bridgehead atoms. The number of aromatic nitrogens is 2. The molecule has 2 aromatic heterocycles. The highest BCUT2D eigenvalue weighted by molar-refractivity contribution is 7.20. The quantitative estimate of drug-likeness (QED) is 0.721. The van der Waals surface area contributed by atoms with E-state index in [-0.39, 0.29) is 17.9 Å². The van der Waals surface area contributed by atoms with E-state index in [4.69, 9.17) is 5.73 Å². The van der Waals surface area contributed by atoms with E-state index in [9.17, 15) is 9.59 Å². The zero-order chi connectivity index (χ0) is 17.4. The fourth-order valence-corrected chi connectivity index (χ4v) is 3.85. The molecule has 4 N–H and O–H groups in total. The molecule has 0 saturated heterocycles. The summed E-state index contributed by atoms with van der Waals surface area (Å²) in [6, 6.07) is 1.24. The maximum Gasteiger partial charge on any atom is 0.262 e. The van der Waals surface area contributed by atoms with Crippen LogP contribution in [0.2, 0.25) is 0 Å². The zero-order valence-corrected chi connectivity index (χ0v) is 14.9. The molecule has 3 rings (SSSR count). The van der Waals surface area contributed by atoms with Crippen molar-refractivity contribution in [2.45, 2.75) is 38.8 Å². The van der Waals surface area contributed by atoms with E-state index < -0.39 is 6.04 Å². The lowest BCUT2D eigenvalue weighted by Gasteiger charge is -2.19. The van der Waals surface area contributed by atoms with Gasteiger partial charge in [-0.15, -0.1) is 11.3 Å². The summed E-state index contributed by atoms with van der Waals surface area (Å²) in [5.41, 5.74) is 6.60. The van der Waals surface area contributed by atoms with Gasteiger partial charge in [-0.25, -0.2) is 0 Å². The Morgan fingerprint density at radius 1 is 1.46 bits per heavy atom. The van der Waals surface area contributed by atoms with Crippen molar-refractivity contribution in [3.63, 3.8) is 0 Å². The van der Waals surface area contributed by atoms with Crippen LogP contribution >= 0.6 is 11.3 Å². The van der Waals surface area contributed by atoms with Crippen molar-refractivity contribution in [3.8, 4) is 0 Å². The first-order chi connectivity index (χ1) is 11.4. The summed E-state index contributed by atoms with van der Waals surface area (Å²) in [5.74, 6) is 0.0542. The minimum atomic E-state index is -0.602. The molecule has 2 heterocycles. The van der Waals surface area contributed by atoms with Crippen molar-refractivity contribution in [1.29, 1.82) is 0 Å². The van der Waals surface area contributed by atoms with Gasteiger partial charge in [0.1, 0.15) is 10.9 Å². The summed E-state index contributed by atoms with van der Waals surface area (Å²) in [5, 5.41) is 11.0. The van der Waals surface area contributed by atoms with E-state index in [1.54, 1.807) is 11.6 Å². The van der Waals surface area contributed by atoms with Crippen LogP contribution in [-0.2, 0) is 11.8 Å². The highest BCUT2D eigenvalue weighted by Crippen LogP contribution is 2.32. The Morgan fingerprint density at radius 3 is 2.75 bits per heavy atom. The van der Waals surface area contributed by atoms with Gasteiger partial charge in [0.25, 0.3) is 5.91 Å². The predicted molar refractivity (Wildman–Crippen MR) is 94.0 cm³/mol. The van der Waals surface area contributed by atoms with Gasteiger partial charge in [0.05, 0.1) is 10.6 Å². The number of aryl methyl sites for hydroxylation is 2. The molecule has 0 spiro atoms.